The number of rotatable bonds is 14. The lowest BCUT2D eigenvalue weighted by Crippen LogP contribution is -2.51. The van der Waals surface area contributed by atoms with E-state index in [2.05, 4.69) is 5.32 Å². The van der Waals surface area contributed by atoms with Crippen LogP contribution in [0, 0.1) is 12.8 Å². The number of aryl methyl sites for hydroxylation is 1. The molecule has 214 valence electrons. The standard InChI is InChI=1S/C32H41N3O4S/c1-25(2)23-33-32(37)30(22-27-14-7-5-8-15-27)34(24-28-16-11-13-26(3)21-28)31(36)19-12-20-35(40(4,38)39)29-17-9-6-10-18-29/h5-11,13-18,21,25,30H,12,19-20,22-24H2,1-4H3,(H,33,37). The van der Waals surface area contributed by atoms with Gasteiger partial charge in [-0.05, 0) is 42.5 Å². The SMILES string of the molecule is Cc1cccc(CN(C(=O)CCCN(c2ccccc2)S(C)(=O)=O)C(Cc2ccccc2)C(=O)NCC(C)C)c1. The van der Waals surface area contributed by atoms with Crippen LogP contribution in [0.5, 0.6) is 0 Å². The third-order valence-electron chi connectivity index (χ3n) is 6.59. The van der Waals surface area contributed by atoms with E-state index >= 15 is 0 Å². The van der Waals surface area contributed by atoms with Crippen LogP contribution in [-0.4, -0.2) is 50.5 Å². The predicted molar refractivity (Wildman–Crippen MR) is 161 cm³/mol. The molecule has 0 saturated heterocycles. The summed E-state index contributed by atoms with van der Waals surface area (Å²) in [6, 6.07) is 25.8. The van der Waals surface area contributed by atoms with Crippen LogP contribution in [-0.2, 0) is 32.6 Å². The van der Waals surface area contributed by atoms with Gasteiger partial charge in [-0.1, -0.05) is 92.2 Å². The van der Waals surface area contributed by atoms with E-state index in [4.69, 9.17) is 0 Å². The molecule has 0 heterocycles. The van der Waals surface area contributed by atoms with Crippen molar-refractivity contribution < 1.29 is 18.0 Å². The highest BCUT2D eigenvalue weighted by Crippen LogP contribution is 2.20. The van der Waals surface area contributed by atoms with Gasteiger partial charge >= 0.3 is 0 Å². The Hall–Kier alpha value is -3.65. The maximum absolute atomic E-state index is 13.9. The molecule has 0 radical (unpaired) electrons. The van der Waals surface area contributed by atoms with E-state index in [9.17, 15) is 18.0 Å². The minimum Gasteiger partial charge on any atom is -0.354 e. The summed E-state index contributed by atoms with van der Waals surface area (Å²) in [5, 5.41) is 3.03. The number of hydrogen-bond donors (Lipinski definition) is 1. The summed E-state index contributed by atoms with van der Waals surface area (Å²) < 4.78 is 26.4. The average Bonchev–Trinajstić information content (AvgIpc) is 2.92. The number of sulfonamides is 1. The van der Waals surface area contributed by atoms with E-state index in [1.165, 1.54) is 10.6 Å². The first kappa shape index (κ1) is 30.9. The molecule has 1 atom stereocenters. The normalized spacial score (nSPS) is 12.1. The van der Waals surface area contributed by atoms with Crippen LogP contribution >= 0.6 is 0 Å². The van der Waals surface area contributed by atoms with Crippen molar-refractivity contribution in [2.75, 3.05) is 23.7 Å². The zero-order valence-corrected chi connectivity index (χ0v) is 24.7. The second-order valence-electron chi connectivity index (χ2n) is 10.6. The maximum atomic E-state index is 13.9. The van der Waals surface area contributed by atoms with Crippen LogP contribution in [0.4, 0.5) is 5.69 Å². The molecule has 7 nitrogen and oxygen atoms in total. The topological polar surface area (TPSA) is 86.8 Å². The number of nitrogens with one attached hydrogen (secondary N) is 1. The van der Waals surface area contributed by atoms with Crippen molar-refractivity contribution in [1.29, 1.82) is 0 Å². The molecule has 0 bridgehead atoms. The molecule has 0 aliphatic heterocycles. The third-order valence-corrected chi connectivity index (χ3v) is 7.78. The monoisotopic (exact) mass is 563 g/mol. The Morgan fingerprint density at radius 3 is 2.10 bits per heavy atom. The summed E-state index contributed by atoms with van der Waals surface area (Å²) in [7, 11) is -3.53. The highest BCUT2D eigenvalue weighted by Gasteiger charge is 2.30. The van der Waals surface area contributed by atoms with Gasteiger partial charge < -0.3 is 10.2 Å². The van der Waals surface area contributed by atoms with E-state index in [1.54, 1.807) is 29.2 Å². The quantitative estimate of drug-likeness (QED) is 0.301. The number of anilines is 1. The zero-order chi connectivity index (χ0) is 29.1. The molecule has 0 spiro atoms. The van der Waals surface area contributed by atoms with Crippen molar-refractivity contribution >= 4 is 27.5 Å². The fourth-order valence-corrected chi connectivity index (χ4v) is 5.55. The second kappa shape index (κ2) is 14.7. The van der Waals surface area contributed by atoms with Crippen LogP contribution in [0.1, 0.15) is 43.4 Å². The molecule has 1 unspecified atom stereocenters. The van der Waals surface area contributed by atoms with E-state index in [0.717, 1.165) is 16.7 Å². The van der Waals surface area contributed by atoms with Crippen LogP contribution < -0.4 is 9.62 Å². The molecule has 2 amide bonds. The lowest BCUT2D eigenvalue weighted by molar-refractivity contribution is -0.141. The predicted octanol–water partition coefficient (Wildman–Crippen LogP) is 4.95. The van der Waals surface area contributed by atoms with Gasteiger partial charge in [0.1, 0.15) is 6.04 Å². The number of hydrogen-bond acceptors (Lipinski definition) is 4. The van der Waals surface area contributed by atoms with Crippen molar-refractivity contribution in [3.8, 4) is 0 Å². The Balaban J connectivity index is 1.87. The van der Waals surface area contributed by atoms with Gasteiger partial charge in [-0.25, -0.2) is 8.42 Å². The minimum absolute atomic E-state index is 0.105. The highest BCUT2D eigenvalue weighted by molar-refractivity contribution is 7.92. The first-order chi connectivity index (χ1) is 19.0. The van der Waals surface area contributed by atoms with E-state index in [0.29, 0.717) is 25.1 Å². The molecule has 1 N–H and O–H groups in total. The van der Waals surface area contributed by atoms with Crippen molar-refractivity contribution in [2.45, 2.75) is 52.6 Å². The summed E-state index contributed by atoms with van der Waals surface area (Å²) in [5.74, 6) is -0.119. The molecule has 0 aliphatic rings. The summed E-state index contributed by atoms with van der Waals surface area (Å²) in [4.78, 5) is 29.1. The van der Waals surface area contributed by atoms with Crippen LogP contribution in [0.25, 0.3) is 0 Å². The Morgan fingerprint density at radius 2 is 1.50 bits per heavy atom. The fourth-order valence-electron chi connectivity index (χ4n) is 4.58. The molecular formula is C32H41N3O4S. The number of para-hydroxylation sites is 1. The van der Waals surface area contributed by atoms with Crippen molar-refractivity contribution in [1.82, 2.24) is 10.2 Å². The summed E-state index contributed by atoms with van der Waals surface area (Å²) >= 11 is 0. The number of nitrogens with zero attached hydrogens (tertiary/aromatic N) is 2. The Labute approximate surface area is 239 Å². The Bertz CT molecular complexity index is 1340. The Kier molecular flexibility index (Phi) is 11.3. The molecule has 8 heteroatoms. The zero-order valence-electron chi connectivity index (χ0n) is 23.9. The summed E-state index contributed by atoms with van der Waals surface area (Å²) in [5.41, 5.74) is 3.52. The first-order valence-corrected chi connectivity index (χ1v) is 15.6. The maximum Gasteiger partial charge on any atom is 0.243 e. The number of benzene rings is 3. The van der Waals surface area contributed by atoms with Gasteiger partial charge in [0, 0.05) is 32.5 Å². The molecule has 3 aromatic carbocycles. The van der Waals surface area contributed by atoms with E-state index < -0.39 is 16.1 Å². The molecule has 3 aromatic rings. The molecule has 40 heavy (non-hydrogen) atoms. The molecule has 0 fully saturated rings. The van der Waals surface area contributed by atoms with Gasteiger partial charge in [-0.2, -0.15) is 0 Å². The second-order valence-corrected chi connectivity index (χ2v) is 12.5. The van der Waals surface area contributed by atoms with Crippen LogP contribution in [0.2, 0.25) is 0 Å². The molecule has 0 aliphatic carbocycles. The van der Waals surface area contributed by atoms with Crippen LogP contribution in [0.3, 0.4) is 0 Å². The number of carbonyl (C=O) groups excluding carboxylic acids is 2. The van der Waals surface area contributed by atoms with Gasteiger partial charge in [0.2, 0.25) is 21.8 Å². The minimum atomic E-state index is -3.53. The largest absolute Gasteiger partial charge is 0.354 e. The first-order valence-electron chi connectivity index (χ1n) is 13.7. The Morgan fingerprint density at radius 1 is 0.875 bits per heavy atom. The summed E-state index contributed by atoms with van der Waals surface area (Å²) in [6.07, 6.45) is 1.97. The fraction of sp³-hybridized carbons (Fsp3) is 0.375. The molecule has 0 saturated carbocycles. The highest BCUT2D eigenvalue weighted by atomic mass is 32.2. The van der Waals surface area contributed by atoms with Crippen LogP contribution in [0.15, 0.2) is 84.9 Å². The lowest BCUT2D eigenvalue weighted by Gasteiger charge is -2.32. The van der Waals surface area contributed by atoms with Crippen molar-refractivity contribution in [2.24, 2.45) is 5.92 Å². The van der Waals surface area contributed by atoms with Gasteiger partial charge in [0.15, 0.2) is 0 Å². The molecule has 0 aromatic heterocycles. The lowest BCUT2D eigenvalue weighted by atomic mass is 10.0. The van der Waals surface area contributed by atoms with Crippen molar-refractivity contribution in [3.63, 3.8) is 0 Å². The van der Waals surface area contributed by atoms with Gasteiger partial charge in [-0.15, -0.1) is 0 Å². The van der Waals surface area contributed by atoms with E-state index in [1.807, 2.05) is 81.4 Å². The number of carbonyl (C=O) groups is 2. The van der Waals surface area contributed by atoms with E-state index in [-0.39, 0.29) is 37.2 Å². The molecular weight excluding hydrogens is 522 g/mol. The smallest absolute Gasteiger partial charge is 0.243 e. The molecule has 3 rings (SSSR count). The van der Waals surface area contributed by atoms with Gasteiger partial charge in [-0.3, -0.25) is 13.9 Å². The third kappa shape index (κ3) is 9.52. The van der Waals surface area contributed by atoms with Gasteiger partial charge in [0.05, 0.1) is 11.9 Å². The van der Waals surface area contributed by atoms with Crippen molar-refractivity contribution in [3.05, 3.63) is 102 Å². The van der Waals surface area contributed by atoms with Gasteiger partial charge in [0.25, 0.3) is 0 Å². The number of amides is 2. The average molecular weight is 564 g/mol. The summed E-state index contributed by atoms with van der Waals surface area (Å²) in [6.45, 7) is 7.01.